The minimum atomic E-state index is -0.721. The summed E-state index contributed by atoms with van der Waals surface area (Å²) in [7, 11) is 1.57. The molecular formula is C27H33N3O6. The lowest BCUT2D eigenvalue weighted by atomic mass is 9.88. The van der Waals surface area contributed by atoms with Crippen LogP contribution in [0.5, 0.6) is 11.5 Å². The predicted molar refractivity (Wildman–Crippen MR) is 133 cm³/mol. The number of benzene rings is 2. The molecule has 36 heavy (non-hydrogen) atoms. The molecule has 1 atom stereocenters. The van der Waals surface area contributed by atoms with Gasteiger partial charge in [0.25, 0.3) is 5.91 Å². The van der Waals surface area contributed by atoms with E-state index in [2.05, 4.69) is 10.6 Å². The molecule has 1 saturated heterocycles. The van der Waals surface area contributed by atoms with Gasteiger partial charge in [0.2, 0.25) is 18.6 Å². The first-order valence-corrected chi connectivity index (χ1v) is 12.3. The molecule has 2 aromatic rings. The Morgan fingerprint density at radius 3 is 2.56 bits per heavy atom. The first-order chi connectivity index (χ1) is 17.5. The van der Waals surface area contributed by atoms with Crippen LogP contribution in [0.1, 0.15) is 35.2 Å². The number of hydrogen-bond donors (Lipinski definition) is 2. The summed E-state index contributed by atoms with van der Waals surface area (Å²) in [5.41, 5.74) is 1.53. The summed E-state index contributed by atoms with van der Waals surface area (Å²) >= 11 is 0. The first kappa shape index (κ1) is 25.5. The van der Waals surface area contributed by atoms with Crippen LogP contribution in [-0.2, 0) is 20.7 Å². The van der Waals surface area contributed by atoms with Gasteiger partial charge in [-0.15, -0.1) is 0 Å². The minimum absolute atomic E-state index is 0.0938. The highest BCUT2D eigenvalue weighted by Gasteiger charge is 2.34. The zero-order valence-electron chi connectivity index (χ0n) is 20.5. The number of carbonyl (C=O) groups excluding carboxylic acids is 3. The van der Waals surface area contributed by atoms with Crippen LogP contribution in [0.25, 0.3) is 0 Å². The van der Waals surface area contributed by atoms with E-state index >= 15 is 0 Å². The summed E-state index contributed by atoms with van der Waals surface area (Å²) < 4.78 is 15.7. The van der Waals surface area contributed by atoms with Crippen molar-refractivity contribution in [2.24, 2.45) is 5.92 Å². The van der Waals surface area contributed by atoms with Gasteiger partial charge in [-0.1, -0.05) is 30.3 Å². The summed E-state index contributed by atoms with van der Waals surface area (Å²) in [6.45, 7) is 1.96. The topological polar surface area (TPSA) is 106 Å². The Hall–Kier alpha value is -3.59. The molecule has 3 amide bonds. The number of ether oxygens (including phenoxy) is 3. The number of aryl methyl sites for hydroxylation is 1. The number of likely N-dealkylation sites (tertiary alicyclic amines) is 1. The van der Waals surface area contributed by atoms with Crippen molar-refractivity contribution in [1.29, 1.82) is 0 Å². The highest BCUT2D eigenvalue weighted by atomic mass is 16.7. The molecule has 0 radical (unpaired) electrons. The highest BCUT2D eigenvalue weighted by molar-refractivity contribution is 5.98. The van der Waals surface area contributed by atoms with Crippen LogP contribution in [0.3, 0.4) is 0 Å². The Bertz CT molecular complexity index is 1050. The van der Waals surface area contributed by atoms with Gasteiger partial charge in [-0.25, -0.2) is 0 Å². The monoisotopic (exact) mass is 495 g/mol. The van der Waals surface area contributed by atoms with Crippen molar-refractivity contribution in [3.63, 3.8) is 0 Å². The van der Waals surface area contributed by atoms with Crippen molar-refractivity contribution < 1.29 is 28.6 Å². The van der Waals surface area contributed by atoms with Gasteiger partial charge in [0.15, 0.2) is 11.5 Å². The van der Waals surface area contributed by atoms with Crippen molar-refractivity contribution in [3.05, 3.63) is 59.7 Å². The van der Waals surface area contributed by atoms with Gasteiger partial charge in [0, 0.05) is 38.7 Å². The maximum atomic E-state index is 13.0. The van der Waals surface area contributed by atoms with Crippen LogP contribution in [0.4, 0.5) is 0 Å². The molecule has 9 nitrogen and oxygen atoms in total. The molecule has 0 unspecified atom stereocenters. The van der Waals surface area contributed by atoms with E-state index in [1.54, 1.807) is 25.3 Å². The average Bonchev–Trinajstić information content (AvgIpc) is 3.39. The van der Waals surface area contributed by atoms with E-state index in [9.17, 15) is 14.4 Å². The molecule has 192 valence electrons. The first-order valence-electron chi connectivity index (χ1n) is 12.3. The molecule has 0 bridgehead atoms. The zero-order valence-corrected chi connectivity index (χ0v) is 20.5. The quantitative estimate of drug-likeness (QED) is 0.490. The van der Waals surface area contributed by atoms with Gasteiger partial charge < -0.3 is 29.7 Å². The number of amides is 3. The van der Waals surface area contributed by atoms with Crippen LogP contribution in [-0.4, -0.2) is 68.8 Å². The number of nitrogens with one attached hydrogen (secondary N) is 2. The van der Waals surface area contributed by atoms with Crippen LogP contribution >= 0.6 is 0 Å². The average molecular weight is 496 g/mol. The standard InChI is InChI=1S/C27H33N3O6/c1-34-16-13-28-27(33)25(29-26(32)21-8-9-22-23(17-21)36-18-35-22)20-11-14-30(15-12-20)24(31)10-7-19-5-3-2-4-6-19/h2-6,8-9,17,20,25H,7,10-16,18H2,1H3,(H,28,33)(H,29,32)/t25-/m0/s1. The summed E-state index contributed by atoms with van der Waals surface area (Å²) in [6, 6.07) is 14.2. The van der Waals surface area contributed by atoms with Crippen molar-refractivity contribution in [3.8, 4) is 11.5 Å². The zero-order chi connectivity index (χ0) is 25.3. The van der Waals surface area contributed by atoms with Crippen LogP contribution < -0.4 is 20.1 Å². The third-order valence-electron chi connectivity index (χ3n) is 6.64. The Balaban J connectivity index is 1.36. The number of methoxy groups -OCH3 is 1. The molecule has 9 heteroatoms. The van der Waals surface area contributed by atoms with E-state index in [-0.39, 0.29) is 30.4 Å². The van der Waals surface area contributed by atoms with E-state index in [1.807, 2.05) is 35.2 Å². The van der Waals surface area contributed by atoms with Crippen molar-refractivity contribution in [2.45, 2.75) is 31.7 Å². The molecule has 0 aliphatic carbocycles. The number of piperidine rings is 1. The number of fused-ring (bicyclic) bond motifs is 1. The second-order valence-corrected chi connectivity index (χ2v) is 9.01. The Kier molecular flexibility index (Phi) is 8.78. The molecule has 2 heterocycles. The van der Waals surface area contributed by atoms with Gasteiger partial charge in [-0.3, -0.25) is 14.4 Å². The fourth-order valence-corrected chi connectivity index (χ4v) is 4.58. The van der Waals surface area contributed by atoms with E-state index in [4.69, 9.17) is 14.2 Å². The highest BCUT2D eigenvalue weighted by Crippen LogP contribution is 2.32. The molecule has 2 aromatic carbocycles. The molecule has 2 N–H and O–H groups in total. The van der Waals surface area contributed by atoms with Gasteiger partial charge >= 0.3 is 0 Å². The lowest BCUT2D eigenvalue weighted by Gasteiger charge is -2.36. The fourth-order valence-electron chi connectivity index (χ4n) is 4.58. The van der Waals surface area contributed by atoms with E-state index in [0.29, 0.717) is 69.0 Å². The summed E-state index contributed by atoms with van der Waals surface area (Å²) in [5.74, 6) is 0.499. The van der Waals surface area contributed by atoms with Gasteiger partial charge in [0.05, 0.1) is 6.61 Å². The SMILES string of the molecule is COCCNC(=O)[C@@H](NC(=O)c1ccc2c(c1)OCO2)C1CCN(C(=O)CCc2ccccc2)CC1. The Labute approximate surface area is 211 Å². The van der Waals surface area contributed by atoms with Gasteiger partial charge in [-0.05, 0) is 48.9 Å². The van der Waals surface area contributed by atoms with Crippen molar-refractivity contribution >= 4 is 17.7 Å². The molecule has 0 saturated carbocycles. The van der Waals surface area contributed by atoms with Gasteiger partial charge in [0.1, 0.15) is 6.04 Å². The number of rotatable bonds is 10. The van der Waals surface area contributed by atoms with Crippen LogP contribution in [0.2, 0.25) is 0 Å². The van der Waals surface area contributed by atoms with Crippen molar-refractivity contribution in [2.75, 3.05) is 40.1 Å². The molecule has 0 aromatic heterocycles. The van der Waals surface area contributed by atoms with E-state index < -0.39 is 6.04 Å². The smallest absolute Gasteiger partial charge is 0.252 e. The minimum Gasteiger partial charge on any atom is -0.454 e. The second-order valence-electron chi connectivity index (χ2n) is 9.01. The van der Waals surface area contributed by atoms with E-state index in [0.717, 1.165) is 5.56 Å². The Morgan fingerprint density at radius 2 is 1.81 bits per heavy atom. The molecular weight excluding hydrogens is 462 g/mol. The number of hydrogen-bond acceptors (Lipinski definition) is 6. The molecule has 2 aliphatic heterocycles. The second kappa shape index (κ2) is 12.4. The number of nitrogens with zero attached hydrogens (tertiary/aromatic N) is 1. The third-order valence-corrected chi connectivity index (χ3v) is 6.64. The maximum absolute atomic E-state index is 13.0. The largest absolute Gasteiger partial charge is 0.454 e. The lowest BCUT2D eigenvalue weighted by molar-refractivity contribution is -0.133. The van der Waals surface area contributed by atoms with Crippen LogP contribution in [0.15, 0.2) is 48.5 Å². The van der Waals surface area contributed by atoms with Crippen LogP contribution in [0, 0.1) is 5.92 Å². The Morgan fingerprint density at radius 1 is 1.06 bits per heavy atom. The van der Waals surface area contributed by atoms with Crippen molar-refractivity contribution in [1.82, 2.24) is 15.5 Å². The van der Waals surface area contributed by atoms with Gasteiger partial charge in [-0.2, -0.15) is 0 Å². The molecule has 2 aliphatic rings. The fraction of sp³-hybridized carbons (Fsp3) is 0.444. The molecule has 4 rings (SSSR count). The molecule has 1 fully saturated rings. The third kappa shape index (κ3) is 6.54. The summed E-state index contributed by atoms with van der Waals surface area (Å²) in [4.78, 5) is 40.7. The summed E-state index contributed by atoms with van der Waals surface area (Å²) in [6.07, 6.45) is 2.41. The summed E-state index contributed by atoms with van der Waals surface area (Å²) in [5, 5.41) is 5.77. The molecule has 0 spiro atoms. The normalized spacial score (nSPS) is 15.9. The lowest BCUT2D eigenvalue weighted by Crippen LogP contribution is -2.54. The van der Waals surface area contributed by atoms with E-state index in [1.165, 1.54) is 0 Å². The predicted octanol–water partition coefficient (Wildman–Crippen LogP) is 2.15. The number of carbonyl (C=O) groups is 3. The maximum Gasteiger partial charge on any atom is 0.252 e.